The Balaban J connectivity index is 1.14. The molecule has 42 heavy (non-hydrogen) atoms. The van der Waals surface area contributed by atoms with Gasteiger partial charge >= 0.3 is 6.03 Å². The van der Waals surface area contributed by atoms with E-state index in [1.165, 1.54) is 28.4 Å². The summed E-state index contributed by atoms with van der Waals surface area (Å²) < 4.78 is 13.4. The highest BCUT2D eigenvalue weighted by Gasteiger charge is 2.23. The Morgan fingerprint density at radius 1 is 0.857 bits per heavy atom. The smallest absolute Gasteiger partial charge is 0.321 e. The summed E-state index contributed by atoms with van der Waals surface area (Å²) >= 11 is 1.31. The van der Waals surface area contributed by atoms with E-state index in [0.29, 0.717) is 36.7 Å². The first kappa shape index (κ1) is 28.8. The molecule has 1 saturated heterocycles. The van der Waals surface area contributed by atoms with Crippen molar-refractivity contribution in [1.82, 2.24) is 9.80 Å². The van der Waals surface area contributed by atoms with E-state index in [2.05, 4.69) is 15.5 Å². The van der Waals surface area contributed by atoms with Gasteiger partial charge in [0.05, 0.1) is 4.88 Å². The molecule has 4 amide bonds. The number of halogens is 1. The summed E-state index contributed by atoms with van der Waals surface area (Å²) in [5.74, 6) is -0.948. The van der Waals surface area contributed by atoms with Crippen molar-refractivity contribution in [2.45, 2.75) is 13.5 Å². The Labute approximate surface area is 248 Å². The maximum atomic E-state index is 13.4. The van der Waals surface area contributed by atoms with Gasteiger partial charge in [0.1, 0.15) is 12.4 Å². The van der Waals surface area contributed by atoms with E-state index in [0.717, 1.165) is 22.5 Å². The van der Waals surface area contributed by atoms with E-state index in [1.54, 1.807) is 24.3 Å². The summed E-state index contributed by atoms with van der Waals surface area (Å²) in [6, 6.07) is 24.6. The van der Waals surface area contributed by atoms with E-state index >= 15 is 0 Å². The van der Waals surface area contributed by atoms with Crippen molar-refractivity contribution in [1.29, 1.82) is 0 Å². The molecule has 3 aromatic carbocycles. The van der Waals surface area contributed by atoms with Gasteiger partial charge in [0.25, 0.3) is 5.91 Å². The molecule has 0 saturated carbocycles. The van der Waals surface area contributed by atoms with Gasteiger partial charge in [0.2, 0.25) is 5.91 Å². The van der Waals surface area contributed by atoms with Crippen LogP contribution in [0.2, 0.25) is 0 Å². The molecule has 1 aromatic heterocycles. The largest absolute Gasteiger partial charge is 0.368 e. The minimum absolute atomic E-state index is 0.107. The summed E-state index contributed by atoms with van der Waals surface area (Å²) in [4.78, 5) is 44.7. The number of anilines is 3. The monoisotopic (exact) mass is 585 g/mol. The zero-order chi connectivity index (χ0) is 29.5. The van der Waals surface area contributed by atoms with Crippen molar-refractivity contribution in [3.63, 3.8) is 0 Å². The molecule has 0 atom stereocenters. The number of urea groups is 1. The Morgan fingerprint density at radius 3 is 2.26 bits per heavy atom. The standard InChI is InChI=1S/C32H32FN5O3S/c1-23-4-2-5-27(20-23)35-32(41)37-17-15-36(16-18-37)28-13-11-26(12-14-28)34-30(39)22-38(31(40)29-6-3-19-42-29)21-24-7-9-25(33)10-8-24/h2-14,19-20H,15-18,21-22H2,1H3,(H,34,39)(H,35,41). The third kappa shape index (κ3) is 7.52. The van der Waals surface area contributed by atoms with E-state index < -0.39 is 0 Å². The van der Waals surface area contributed by atoms with Gasteiger partial charge in [-0.1, -0.05) is 30.3 Å². The van der Waals surface area contributed by atoms with Gasteiger partial charge < -0.3 is 25.3 Å². The third-order valence-corrected chi connectivity index (χ3v) is 7.85. The van der Waals surface area contributed by atoms with Crippen LogP contribution < -0.4 is 15.5 Å². The number of carbonyl (C=O) groups is 3. The van der Waals surface area contributed by atoms with Crippen LogP contribution in [0.4, 0.5) is 26.2 Å². The first-order valence-corrected chi connectivity index (χ1v) is 14.6. The van der Waals surface area contributed by atoms with Crippen LogP contribution in [0.25, 0.3) is 0 Å². The minimum Gasteiger partial charge on any atom is -0.368 e. The van der Waals surface area contributed by atoms with Crippen LogP contribution in [-0.2, 0) is 11.3 Å². The fourth-order valence-corrected chi connectivity index (χ4v) is 5.48. The van der Waals surface area contributed by atoms with Crippen molar-refractivity contribution >= 4 is 46.2 Å². The zero-order valence-corrected chi connectivity index (χ0v) is 24.1. The summed E-state index contributed by atoms with van der Waals surface area (Å²) in [7, 11) is 0. The third-order valence-electron chi connectivity index (χ3n) is 6.99. The van der Waals surface area contributed by atoms with Crippen molar-refractivity contribution in [2.24, 2.45) is 0 Å². The Hall–Kier alpha value is -4.70. The van der Waals surface area contributed by atoms with Gasteiger partial charge in [-0.25, -0.2) is 9.18 Å². The van der Waals surface area contributed by atoms with Gasteiger partial charge in [0.15, 0.2) is 0 Å². The predicted octanol–water partition coefficient (Wildman–Crippen LogP) is 5.83. The molecule has 1 fully saturated rings. The number of aryl methyl sites for hydroxylation is 1. The van der Waals surface area contributed by atoms with Crippen LogP contribution in [0.5, 0.6) is 0 Å². The molecule has 10 heteroatoms. The average molecular weight is 586 g/mol. The van der Waals surface area contributed by atoms with Crippen LogP contribution >= 0.6 is 11.3 Å². The molecule has 0 unspecified atom stereocenters. The van der Waals surface area contributed by atoms with Crippen molar-refractivity contribution < 1.29 is 18.8 Å². The molecule has 4 aromatic rings. The first-order chi connectivity index (χ1) is 20.3. The lowest BCUT2D eigenvalue weighted by Gasteiger charge is -2.36. The fourth-order valence-electron chi connectivity index (χ4n) is 4.79. The van der Waals surface area contributed by atoms with E-state index in [-0.39, 0.29) is 36.8 Å². The molecule has 0 spiro atoms. The SMILES string of the molecule is Cc1cccc(NC(=O)N2CCN(c3ccc(NC(=O)CN(Cc4ccc(F)cc4)C(=O)c4cccs4)cc3)CC2)c1. The number of piperazine rings is 1. The highest BCUT2D eigenvalue weighted by Crippen LogP contribution is 2.21. The number of hydrogen-bond donors (Lipinski definition) is 2. The number of rotatable bonds is 8. The first-order valence-electron chi connectivity index (χ1n) is 13.7. The van der Waals surface area contributed by atoms with Crippen LogP contribution in [-0.4, -0.2) is 60.4 Å². The lowest BCUT2D eigenvalue weighted by Crippen LogP contribution is -2.50. The molecule has 8 nitrogen and oxygen atoms in total. The lowest BCUT2D eigenvalue weighted by atomic mass is 10.2. The van der Waals surface area contributed by atoms with Crippen LogP contribution in [0.15, 0.2) is 90.3 Å². The number of nitrogens with zero attached hydrogens (tertiary/aromatic N) is 3. The molecule has 2 heterocycles. The van der Waals surface area contributed by atoms with Crippen molar-refractivity contribution in [2.75, 3.05) is 48.3 Å². The summed E-state index contributed by atoms with van der Waals surface area (Å²) in [6.45, 7) is 4.59. The second kappa shape index (κ2) is 13.3. The number of amides is 4. The minimum atomic E-state index is -0.360. The normalized spacial score (nSPS) is 13.0. The number of benzene rings is 3. The van der Waals surface area contributed by atoms with Gasteiger partial charge in [-0.2, -0.15) is 0 Å². The van der Waals surface area contributed by atoms with E-state index in [4.69, 9.17) is 0 Å². The molecule has 216 valence electrons. The zero-order valence-electron chi connectivity index (χ0n) is 23.3. The van der Waals surface area contributed by atoms with Crippen LogP contribution in [0.1, 0.15) is 20.8 Å². The fraction of sp³-hybridized carbons (Fsp3) is 0.219. The van der Waals surface area contributed by atoms with Gasteiger partial charge in [-0.15, -0.1) is 11.3 Å². The predicted molar refractivity (Wildman–Crippen MR) is 165 cm³/mol. The van der Waals surface area contributed by atoms with Gasteiger partial charge in [0, 0.05) is 49.8 Å². The maximum absolute atomic E-state index is 13.4. The lowest BCUT2D eigenvalue weighted by molar-refractivity contribution is -0.117. The summed E-state index contributed by atoms with van der Waals surface area (Å²) in [5.41, 5.74) is 4.22. The number of hydrogen-bond acceptors (Lipinski definition) is 5. The van der Waals surface area contributed by atoms with Crippen molar-refractivity contribution in [3.8, 4) is 0 Å². The van der Waals surface area contributed by atoms with Gasteiger partial charge in [-0.05, 0) is 78.0 Å². The van der Waals surface area contributed by atoms with E-state index in [9.17, 15) is 18.8 Å². The summed E-state index contributed by atoms with van der Waals surface area (Å²) in [5, 5.41) is 7.65. The number of thiophene rings is 1. The molecular formula is C32H32FN5O3S. The molecule has 1 aliphatic heterocycles. The Bertz CT molecular complexity index is 1520. The summed E-state index contributed by atoms with van der Waals surface area (Å²) in [6.07, 6.45) is 0. The van der Waals surface area contributed by atoms with Crippen LogP contribution in [0.3, 0.4) is 0 Å². The average Bonchev–Trinajstić information content (AvgIpc) is 3.53. The Kier molecular flexibility index (Phi) is 9.13. The molecule has 0 aliphatic carbocycles. The maximum Gasteiger partial charge on any atom is 0.321 e. The second-order valence-electron chi connectivity index (χ2n) is 10.1. The molecule has 2 N–H and O–H groups in total. The molecular weight excluding hydrogens is 553 g/mol. The van der Waals surface area contributed by atoms with Crippen molar-refractivity contribution in [3.05, 3.63) is 112 Å². The second-order valence-corrected chi connectivity index (χ2v) is 11.1. The topological polar surface area (TPSA) is 85.0 Å². The number of nitrogens with one attached hydrogen (secondary N) is 2. The Morgan fingerprint density at radius 2 is 1.60 bits per heavy atom. The highest BCUT2D eigenvalue weighted by atomic mass is 32.1. The number of carbonyl (C=O) groups excluding carboxylic acids is 3. The van der Waals surface area contributed by atoms with Crippen LogP contribution in [0, 0.1) is 12.7 Å². The molecule has 5 rings (SSSR count). The molecule has 1 aliphatic rings. The van der Waals surface area contributed by atoms with E-state index in [1.807, 2.05) is 65.7 Å². The molecule has 0 bridgehead atoms. The molecule has 0 radical (unpaired) electrons. The highest BCUT2D eigenvalue weighted by molar-refractivity contribution is 7.12. The van der Waals surface area contributed by atoms with Gasteiger partial charge in [-0.3, -0.25) is 9.59 Å². The quantitative estimate of drug-likeness (QED) is 0.273.